The van der Waals surface area contributed by atoms with Crippen LogP contribution in [0.15, 0.2) is 0 Å². The molecule has 15 heavy (non-hydrogen) atoms. The van der Waals surface area contributed by atoms with E-state index in [2.05, 4.69) is 17.6 Å². The zero-order chi connectivity index (χ0) is 10.7. The number of amides is 1. The normalized spacial score (nSPS) is 23.3. The Morgan fingerprint density at radius 1 is 1.40 bits per heavy atom. The van der Waals surface area contributed by atoms with Gasteiger partial charge in [0, 0.05) is 12.6 Å². The van der Waals surface area contributed by atoms with E-state index in [1.165, 1.54) is 38.5 Å². The van der Waals surface area contributed by atoms with Crippen LogP contribution in [0.4, 0.5) is 0 Å². The molecule has 0 aromatic carbocycles. The van der Waals surface area contributed by atoms with Crippen molar-refractivity contribution in [3.8, 4) is 0 Å². The van der Waals surface area contributed by atoms with Gasteiger partial charge in [-0.15, -0.1) is 0 Å². The minimum Gasteiger partial charge on any atom is -0.352 e. The molecule has 1 amide bonds. The minimum absolute atomic E-state index is 0.170. The molecule has 2 saturated carbocycles. The Morgan fingerprint density at radius 2 is 2.13 bits per heavy atom. The fourth-order valence-electron chi connectivity index (χ4n) is 2.28. The van der Waals surface area contributed by atoms with Gasteiger partial charge in [0.2, 0.25) is 5.91 Å². The molecule has 2 rings (SSSR count). The molecule has 0 spiro atoms. The number of rotatable bonds is 6. The first-order valence-corrected chi connectivity index (χ1v) is 6.24. The lowest BCUT2D eigenvalue weighted by Crippen LogP contribution is -2.43. The first-order valence-electron chi connectivity index (χ1n) is 6.24. The predicted molar refractivity (Wildman–Crippen MR) is 60.6 cm³/mol. The van der Waals surface area contributed by atoms with Crippen LogP contribution in [-0.4, -0.2) is 25.0 Å². The molecule has 0 bridgehead atoms. The molecule has 2 N–H and O–H groups in total. The highest BCUT2D eigenvalue weighted by molar-refractivity contribution is 5.78. The Labute approximate surface area is 92.0 Å². The van der Waals surface area contributed by atoms with Crippen LogP contribution in [0.25, 0.3) is 0 Å². The van der Waals surface area contributed by atoms with Crippen LogP contribution in [0.5, 0.6) is 0 Å². The predicted octanol–water partition coefficient (Wildman–Crippen LogP) is 1.43. The molecular weight excluding hydrogens is 188 g/mol. The van der Waals surface area contributed by atoms with Crippen LogP contribution < -0.4 is 10.6 Å². The number of carbonyl (C=O) groups excluding carboxylic acids is 1. The summed E-state index contributed by atoms with van der Waals surface area (Å²) in [5, 5.41) is 6.29. The van der Waals surface area contributed by atoms with Crippen molar-refractivity contribution in [1.82, 2.24) is 10.6 Å². The third-order valence-corrected chi connectivity index (χ3v) is 3.89. The van der Waals surface area contributed by atoms with Gasteiger partial charge in [0.25, 0.3) is 0 Å². The highest BCUT2D eigenvalue weighted by Crippen LogP contribution is 2.42. The Balaban J connectivity index is 1.58. The Morgan fingerprint density at radius 3 is 2.60 bits per heavy atom. The van der Waals surface area contributed by atoms with E-state index in [9.17, 15) is 4.79 Å². The Kier molecular flexibility index (Phi) is 3.29. The molecule has 2 aliphatic carbocycles. The van der Waals surface area contributed by atoms with E-state index in [4.69, 9.17) is 0 Å². The van der Waals surface area contributed by atoms with Crippen LogP contribution in [0.1, 0.15) is 45.4 Å². The van der Waals surface area contributed by atoms with Gasteiger partial charge >= 0.3 is 0 Å². The molecule has 86 valence electrons. The average Bonchev–Trinajstić information content (AvgIpc) is 2.93. The van der Waals surface area contributed by atoms with Crippen molar-refractivity contribution in [1.29, 1.82) is 0 Å². The van der Waals surface area contributed by atoms with Crippen molar-refractivity contribution in [2.45, 2.75) is 51.5 Å². The highest BCUT2D eigenvalue weighted by Gasteiger charge is 2.34. The summed E-state index contributed by atoms with van der Waals surface area (Å²) in [4.78, 5) is 11.4. The SMILES string of the molecule is CCC1(CNCC(=O)NC2CC2)CCC1. The quantitative estimate of drug-likeness (QED) is 0.696. The van der Waals surface area contributed by atoms with Gasteiger partial charge in [-0.2, -0.15) is 0 Å². The largest absolute Gasteiger partial charge is 0.352 e. The van der Waals surface area contributed by atoms with E-state index in [1.54, 1.807) is 0 Å². The molecule has 0 atom stereocenters. The van der Waals surface area contributed by atoms with Gasteiger partial charge in [-0.3, -0.25) is 4.79 Å². The van der Waals surface area contributed by atoms with Crippen molar-refractivity contribution in [3.05, 3.63) is 0 Å². The minimum atomic E-state index is 0.170. The van der Waals surface area contributed by atoms with Gasteiger partial charge in [0.1, 0.15) is 0 Å². The summed E-state index contributed by atoms with van der Waals surface area (Å²) in [6.07, 6.45) is 7.62. The summed E-state index contributed by atoms with van der Waals surface area (Å²) in [6.45, 7) is 3.77. The Bertz CT molecular complexity index is 226. The third-order valence-electron chi connectivity index (χ3n) is 3.89. The van der Waals surface area contributed by atoms with Crippen LogP contribution in [0, 0.1) is 5.41 Å². The first-order chi connectivity index (χ1) is 7.24. The number of nitrogens with one attached hydrogen (secondary N) is 2. The fourth-order valence-corrected chi connectivity index (χ4v) is 2.28. The van der Waals surface area contributed by atoms with Gasteiger partial charge in [0.05, 0.1) is 6.54 Å². The van der Waals surface area contributed by atoms with E-state index in [0.29, 0.717) is 18.0 Å². The lowest BCUT2D eigenvalue weighted by molar-refractivity contribution is -0.120. The average molecular weight is 210 g/mol. The molecular formula is C12H22N2O. The summed E-state index contributed by atoms with van der Waals surface area (Å²) in [5.41, 5.74) is 0.514. The van der Waals surface area contributed by atoms with E-state index < -0.39 is 0 Å². The highest BCUT2D eigenvalue weighted by atomic mass is 16.2. The molecule has 2 aliphatic rings. The second-order valence-corrected chi connectivity index (χ2v) is 5.15. The number of carbonyl (C=O) groups is 1. The number of hydrogen-bond acceptors (Lipinski definition) is 2. The van der Waals surface area contributed by atoms with Gasteiger partial charge < -0.3 is 10.6 Å². The van der Waals surface area contributed by atoms with Crippen molar-refractivity contribution >= 4 is 5.91 Å². The molecule has 0 radical (unpaired) electrons. The van der Waals surface area contributed by atoms with Crippen molar-refractivity contribution in [3.63, 3.8) is 0 Å². The summed E-state index contributed by atoms with van der Waals surface area (Å²) in [6, 6.07) is 0.489. The Hall–Kier alpha value is -0.570. The number of hydrogen-bond donors (Lipinski definition) is 2. The standard InChI is InChI=1S/C12H22N2O/c1-2-12(6-3-7-12)9-13-8-11(15)14-10-4-5-10/h10,13H,2-9H2,1H3,(H,14,15). The zero-order valence-corrected chi connectivity index (χ0v) is 9.64. The van der Waals surface area contributed by atoms with Gasteiger partial charge in [-0.1, -0.05) is 13.3 Å². The topological polar surface area (TPSA) is 41.1 Å². The van der Waals surface area contributed by atoms with Gasteiger partial charge in [-0.25, -0.2) is 0 Å². The van der Waals surface area contributed by atoms with Crippen LogP contribution in [0.3, 0.4) is 0 Å². The molecule has 3 heteroatoms. The second-order valence-electron chi connectivity index (χ2n) is 5.15. The summed E-state index contributed by atoms with van der Waals surface area (Å²) >= 11 is 0. The monoisotopic (exact) mass is 210 g/mol. The van der Waals surface area contributed by atoms with Gasteiger partial charge in [-0.05, 0) is 37.5 Å². The van der Waals surface area contributed by atoms with Gasteiger partial charge in [0.15, 0.2) is 0 Å². The second kappa shape index (κ2) is 4.52. The first kappa shape index (κ1) is 10.9. The lowest BCUT2D eigenvalue weighted by atomic mass is 9.67. The maximum atomic E-state index is 11.4. The van der Waals surface area contributed by atoms with Crippen LogP contribution in [0.2, 0.25) is 0 Å². The smallest absolute Gasteiger partial charge is 0.234 e. The molecule has 0 unspecified atom stereocenters. The summed E-state index contributed by atoms with van der Waals surface area (Å²) < 4.78 is 0. The lowest BCUT2D eigenvalue weighted by Gasteiger charge is -2.41. The van der Waals surface area contributed by atoms with Crippen molar-refractivity contribution in [2.75, 3.05) is 13.1 Å². The molecule has 0 heterocycles. The molecule has 0 saturated heterocycles. The maximum absolute atomic E-state index is 11.4. The molecule has 0 aromatic heterocycles. The van der Waals surface area contributed by atoms with Crippen molar-refractivity contribution < 1.29 is 4.79 Å². The molecule has 3 nitrogen and oxygen atoms in total. The summed E-state index contributed by atoms with van der Waals surface area (Å²) in [5.74, 6) is 0.170. The van der Waals surface area contributed by atoms with E-state index in [-0.39, 0.29) is 5.91 Å². The third kappa shape index (κ3) is 2.94. The molecule has 0 aromatic rings. The van der Waals surface area contributed by atoms with E-state index in [0.717, 1.165) is 6.54 Å². The van der Waals surface area contributed by atoms with E-state index in [1.807, 2.05) is 0 Å². The van der Waals surface area contributed by atoms with Crippen LogP contribution >= 0.6 is 0 Å². The van der Waals surface area contributed by atoms with Crippen LogP contribution in [-0.2, 0) is 4.79 Å². The maximum Gasteiger partial charge on any atom is 0.234 e. The van der Waals surface area contributed by atoms with Crippen molar-refractivity contribution in [2.24, 2.45) is 5.41 Å². The van der Waals surface area contributed by atoms with E-state index >= 15 is 0 Å². The summed E-state index contributed by atoms with van der Waals surface area (Å²) in [7, 11) is 0. The fraction of sp³-hybridized carbons (Fsp3) is 0.917. The molecule has 2 fully saturated rings. The molecule has 0 aliphatic heterocycles. The zero-order valence-electron chi connectivity index (χ0n) is 9.64.